The van der Waals surface area contributed by atoms with Crippen molar-refractivity contribution < 1.29 is 19.0 Å². The molecule has 1 aromatic heterocycles. The molecule has 1 amide bonds. The summed E-state index contributed by atoms with van der Waals surface area (Å²) < 4.78 is 16.6. The number of carbonyl (C=O) groups is 1. The van der Waals surface area contributed by atoms with E-state index in [9.17, 15) is 4.79 Å². The van der Waals surface area contributed by atoms with E-state index in [2.05, 4.69) is 5.32 Å². The van der Waals surface area contributed by atoms with Crippen LogP contribution >= 0.6 is 0 Å². The number of pyridine rings is 1. The molecule has 6 heteroatoms. The molecular weight excluding hydrogens is 392 g/mol. The third-order valence-electron chi connectivity index (χ3n) is 5.01. The summed E-state index contributed by atoms with van der Waals surface area (Å²) >= 11 is 0. The number of amides is 1. The Morgan fingerprint density at radius 1 is 1.00 bits per heavy atom. The van der Waals surface area contributed by atoms with Crippen molar-refractivity contribution in [3.05, 3.63) is 78.4 Å². The minimum atomic E-state index is -0.266. The van der Waals surface area contributed by atoms with Crippen LogP contribution in [0.25, 0.3) is 22.2 Å². The third kappa shape index (κ3) is 4.00. The van der Waals surface area contributed by atoms with E-state index >= 15 is 0 Å². The smallest absolute Gasteiger partial charge is 0.262 e. The Morgan fingerprint density at radius 2 is 1.84 bits per heavy atom. The molecule has 0 aliphatic carbocycles. The van der Waals surface area contributed by atoms with Gasteiger partial charge in [-0.1, -0.05) is 42.0 Å². The molecule has 1 N–H and O–H groups in total. The quantitative estimate of drug-likeness (QED) is 0.502. The maximum Gasteiger partial charge on any atom is 0.262 e. The van der Waals surface area contributed by atoms with E-state index in [1.54, 1.807) is 18.2 Å². The first-order valence-corrected chi connectivity index (χ1v) is 9.95. The van der Waals surface area contributed by atoms with Crippen LogP contribution in [0, 0.1) is 6.92 Å². The van der Waals surface area contributed by atoms with Crippen LogP contribution in [0.3, 0.4) is 0 Å². The van der Waals surface area contributed by atoms with Crippen molar-refractivity contribution in [1.82, 2.24) is 4.98 Å². The molecule has 0 fully saturated rings. The van der Waals surface area contributed by atoms with Crippen LogP contribution in [-0.2, 0) is 4.79 Å². The average molecular weight is 412 g/mol. The number of aryl methyl sites for hydroxylation is 1. The van der Waals surface area contributed by atoms with Crippen molar-refractivity contribution >= 4 is 22.5 Å². The van der Waals surface area contributed by atoms with Crippen molar-refractivity contribution in [2.24, 2.45) is 0 Å². The highest BCUT2D eigenvalue weighted by atomic mass is 16.7. The first-order valence-electron chi connectivity index (χ1n) is 9.95. The van der Waals surface area contributed by atoms with Gasteiger partial charge in [0.2, 0.25) is 6.79 Å². The predicted octanol–water partition coefficient (Wildman–Crippen LogP) is 4.96. The van der Waals surface area contributed by atoms with E-state index in [-0.39, 0.29) is 19.3 Å². The van der Waals surface area contributed by atoms with Crippen molar-refractivity contribution in [3.63, 3.8) is 0 Å². The zero-order valence-corrected chi connectivity index (χ0v) is 16.9. The predicted molar refractivity (Wildman–Crippen MR) is 119 cm³/mol. The number of benzene rings is 3. The lowest BCUT2D eigenvalue weighted by atomic mass is 10.1. The van der Waals surface area contributed by atoms with Crippen LogP contribution in [-0.4, -0.2) is 24.3 Å². The SMILES string of the molecule is Cc1ccc2nc(-c3ccccc3)cc(OCC(=O)Nc3ccc4c(c3)OCO4)c2c1. The van der Waals surface area contributed by atoms with Crippen LogP contribution in [0.4, 0.5) is 5.69 Å². The number of hydrogen-bond acceptors (Lipinski definition) is 5. The molecule has 5 rings (SSSR count). The Kier molecular flexibility index (Phi) is 4.88. The summed E-state index contributed by atoms with van der Waals surface area (Å²) in [5, 5.41) is 3.70. The molecule has 0 radical (unpaired) electrons. The maximum atomic E-state index is 12.5. The van der Waals surface area contributed by atoms with Gasteiger partial charge in [0, 0.05) is 28.8 Å². The fraction of sp³-hybridized carbons (Fsp3) is 0.120. The molecule has 0 saturated heterocycles. The summed E-state index contributed by atoms with van der Waals surface area (Å²) in [6.45, 7) is 2.07. The van der Waals surface area contributed by atoms with Gasteiger partial charge in [0.05, 0.1) is 11.2 Å². The van der Waals surface area contributed by atoms with Crippen LogP contribution in [0.15, 0.2) is 72.8 Å². The Labute approximate surface area is 179 Å². The zero-order chi connectivity index (χ0) is 21.2. The van der Waals surface area contributed by atoms with Crippen LogP contribution in [0.1, 0.15) is 5.56 Å². The Hall–Kier alpha value is -4.06. The highest BCUT2D eigenvalue weighted by Gasteiger charge is 2.15. The zero-order valence-electron chi connectivity index (χ0n) is 16.9. The van der Waals surface area contributed by atoms with E-state index < -0.39 is 0 Å². The molecule has 3 aromatic carbocycles. The number of fused-ring (bicyclic) bond motifs is 2. The second-order valence-corrected chi connectivity index (χ2v) is 7.30. The number of carbonyl (C=O) groups excluding carboxylic acids is 1. The minimum absolute atomic E-state index is 0.129. The number of rotatable bonds is 5. The highest BCUT2D eigenvalue weighted by Crippen LogP contribution is 2.34. The van der Waals surface area contributed by atoms with E-state index in [1.807, 2.05) is 61.5 Å². The summed E-state index contributed by atoms with van der Waals surface area (Å²) in [5.74, 6) is 1.63. The van der Waals surface area contributed by atoms with Gasteiger partial charge >= 0.3 is 0 Å². The molecule has 0 bridgehead atoms. The minimum Gasteiger partial charge on any atom is -0.483 e. The fourth-order valence-corrected chi connectivity index (χ4v) is 3.50. The monoisotopic (exact) mass is 412 g/mol. The second-order valence-electron chi connectivity index (χ2n) is 7.30. The molecule has 6 nitrogen and oxygen atoms in total. The molecule has 31 heavy (non-hydrogen) atoms. The number of hydrogen-bond donors (Lipinski definition) is 1. The van der Waals surface area contributed by atoms with Gasteiger partial charge in [0.1, 0.15) is 5.75 Å². The number of ether oxygens (including phenoxy) is 3. The maximum absolute atomic E-state index is 12.5. The van der Waals surface area contributed by atoms with Crippen LogP contribution < -0.4 is 19.5 Å². The Bertz CT molecular complexity index is 1270. The van der Waals surface area contributed by atoms with Crippen LogP contribution in [0.5, 0.6) is 17.2 Å². The van der Waals surface area contributed by atoms with Crippen LogP contribution in [0.2, 0.25) is 0 Å². The summed E-state index contributed by atoms with van der Waals surface area (Å²) in [6, 6.07) is 23.0. The summed E-state index contributed by atoms with van der Waals surface area (Å²) in [4.78, 5) is 17.3. The van der Waals surface area contributed by atoms with Gasteiger partial charge < -0.3 is 19.5 Å². The molecule has 0 spiro atoms. The summed E-state index contributed by atoms with van der Waals surface area (Å²) in [5.41, 5.74) is 4.32. The lowest BCUT2D eigenvalue weighted by Gasteiger charge is -2.12. The lowest BCUT2D eigenvalue weighted by Crippen LogP contribution is -2.20. The topological polar surface area (TPSA) is 69.7 Å². The molecule has 1 aliphatic rings. The average Bonchev–Trinajstić information content (AvgIpc) is 3.26. The first-order chi connectivity index (χ1) is 15.2. The van der Waals surface area contributed by atoms with Gasteiger partial charge in [-0.05, 0) is 31.2 Å². The van der Waals surface area contributed by atoms with Gasteiger partial charge in [0.15, 0.2) is 18.1 Å². The largest absolute Gasteiger partial charge is 0.483 e. The Balaban J connectivity index is 1.38. The Morgan fingerprint density at radius 3 is 2.71 bits per heavy atom. The van der Waals surface area contributed by atoms with Gasteiger partial charge in [-0.25, -0.2) is 4.98 Å². The number of nitrogens with one attached hydrogen (secondary N) is 1. The highest BCUT2D eigenvalue weighted by molar-refractivity contribution is 5.93. The molecule has 0 saturated carbocycles. The third-order valence-corrected chi connectivity index (χ3v) is 5.01. The molecular formula is C25H20N2O4. The van der Waals surface area contributed by atoms with Crippen molar-refractivity contribution in [2.45, 2.75) is 6.92 Å². The van der Waals surface area contributed by atoms with E-state index in [0.717, 1.165) is 27.7 Å². The first kappa shape index (κ1) is 18.9. The van der Waals surface area contributed by atoms with E-state index in [1.165, 1.54) is 0 Å². The second kappa shape index (κ2) is 7.99. The number of aromatic nitrogens is 1. The normalized spacial score (nSPS) is 12.0. The van der Waals surface area contributed by atoms with E-state index in [4.69, 9.17) is 19.2 Å². The fourth-order valence-electron chi connectivity index (χ4n) is 3.50. The summed E-state index contributed by atoms with van der Waals surface area (Å²) in [7, 11) is 0. The van der Waals surface area contributed by atoms with Gasteiger partial charge in [-0.3, -0.25) is 4.79 Å². The van der Waals surface area contributed by atoms with E-state index in [0.29, 0.717) is 22.9 Å². The standard InChI is InChI=1S/C25H20N2O4/c1-16-7-9-20-19(11-16)23(13-21(27-20)17-5-3-2-4-6-17)29-14-25(28)26-18-8-10-22-24(12-18)31-15-30-22/h2-13H,14-15H2,1H3,(H,26,28). The van der Waals surface area contributed by atoms with Crippen molar-refractivity contribution in [1.29, 1.82) is 0 Å². The molecule has 154 valence electrons. The van der Waals surface area contributed by atoms with Crippen molar-refractivity contribution in [3.8, 4) is 28.5 Å². The molecule has 4 aromatic rings. The van der Waals surface area contributed by atoms with Gasteiger partial charge in [-0.15, -0.1) is 0 Å². The number of anilines is 1. The lowest BCUT2D eigenvalue weighted by molar-refractivity contribution is -0.118. The molecule has 1 aliphatic heterocycles. The summed E-state index contributed by atoms with van der Waals surface area (Å²) in [6.07, 6.45) is 0. The van der Waals surface area contributed by atoms with Gasteiger partial charge in [-0.2, -0.15) is 0 Å². The molecule has 0 unspecified atom stereocenters. The molecule has 2 heterocycles. The number of nitrogens with zero attached hydrogens (tertiary/aromatic N) is 1. The van der Waals surface area contributed by atoms with Gasteiger partial charge in [0.25, 0.3) is 5.91 Å². The van der Waals surface area contributed by atoms with Crippen molar-refractivity contribution in [2.75, 3.05) is 18.7 Å². The molecule has 0 atom stereocenters.